The van der Waals surface area contributed by atoms with Gasteiger partial charge in [-0.05, 0) is 80.3 Å². The molecule has 1 saturated carbocycles. The molecule has 0 bridgehead atoms. The van der Waals surface area contributed by atoms with Gasteiger partial charge in [0.15, 0.2) is 5.11 Å². The lowest BCUT2D eigenvalue weighted by Gasteiger charge is -2.34. The van der Waals surface area contributed by atoms with Crippen LogP contribution in [0.3, 0.4) is 0 Å². The average Bonchev–Trinajstić information content (AvgIpc) is 3.34. The molecule has 0 saturated heterocycles. The molecule has 202 valence electrons. The number of halogens is 6. The first-order valence-electron chi connectivity index (χ1n) is 12.2. The van der Waals surface area contributed by atoms with Crippen LogP contribution in [0, 0.1) is 5.92 Å². The fourth-order valence-electron chi connectivity index (χ4n) is 5.09. The number of nitrogens with one attached hydrogen (secondary N) is 2. The van der Waals surface area contributed by atoms with Gasteiger partial charge in [-0.25, -0.2) is 0 Å². The molecule has 0 aromatic heterocycles. The highest BCUT2D eigenvalue weighted by Gasteiger charge is 2.39. The molecular weight excluding hydrogens is 541 g/mol. The van der Waals surface area contributed by atoms with Crippen LogP contribution in [0.25, 0.3) is 0 Å². The Balaban J connectivity index is 1.53. The molecular formula is C28H27F6N2PS. The first-order valence-corrected chi connectivity index (χ1v) is 14.0. The number of rotatable bonds is 6. The lowest BCUT2D eigenvalue weighted by atomic mass is 9.99. The minimum Gasteiger partial charge on any atom is -0.360 e. The van der Waals surface area contributed by atoms with Gasteiger partial charge >= 0.3 is 12.4 Å². The molecule has 3 aromatic rings. The van der Waals surface area contributed by atoms with E-state index >= 15 is 0 Å². The zero-order valence-corrected chi connectivity index (χ0v) is 22.2. The second-order valence-electron chi connectivity index (χ2n) is 9.38. The van der Waals surface area contributed by atoms with E-state index in [1.165, 1.54) is 10.6 Å². The fraction of sp³-hybridized carbons (Fsp3) is 0.321. The quantitative estimate of drug-likeness (QED) is 0.181. The van der Waals surface area contributed by atoms with Gasteiger partial charge in [-0.3, -0.25) is 0 Å². The third kappa shape index (κ3) is 6.86. The van der Waals surface area contributed by atoms with Crippen LogP contribution in [0.15, 0.2) is 78.9 Å². The Labute approximate surface area is 224 Å². The predicted molar refractivity (Wildman–Crippen MR) is 145 cm³/mol. The molecule has 0 amide bonds. The van der Waals surface area contributed by atoms with Gasteiger partial charge in [-0.2, -0.15) is 26.3 Å². The van der Waals surface area contributed by atoms with E-state index in [2.05, 4.69) is 34.9 Å². The van der Waals surface area contributed by atoms with E-state index in [0.717, 1.165) is 19.3 Å². The number of benzene rings is 3. The minimum atomic E-state index is -4.93. The van der Waals surface area contributed by atoms with E-state index in [0.29, 0.717) is 17.8 Å². The second kappa shape index (κ2) is 11.6. The SMILES string of the molecule is C[C@@H](NC(=S)Nc1cc(C(F)(F)F)cc(C(F)(F)F)c1)[C@@H]1CCCC1P(c1ccccc1)c1ccccc1. The van der Waals surface area contributed by atoms with Crippen molar-refractivity contribution >= 4 is 41.5 Å². The van der Waals surface area contributed by atoms with E-state index in [9.17, 15) is 26.3 Å². The lowest BCUT2D eigenvalue weighted by molar-refractivity contribution is -0.143. The van der Waals surface area contributed by atoms with Crippen molar-refractivity contribution in [2.24, 2.45) is 5.92 Å². The van der Waals surface area contributed by atoms with Crippen molar-refractivity contribution in [1.29, 1.82) is 0 Å². The van der Waals surface area contributed by atoms with Crippen molar-refractivity contribution in [2.45, 2.75) is 50.2 Å². The van der Waals surface area contributed by atoms with E-state index < -0.39 is 31.4 Å². The van der Waals surface area contributed by atoms with Crippen molar-refractivity contribution < 1.29 is 26.3 Å². The summed E-state index contributed by atoms with van der Waals surface area (Å²) in [7, 11) is -0.685. The molecule has 3 aromatic carbocycles. The molecule has 10 heteroatoms. The molecule has 0 radical (unpaired) electrons. The molecule has 1 fully saturated rings. The van der Waals surface area contributed by atoms with Gasteiger partial charge < -0.3 is 10.6 Å². The van der Waals surface area contributed by atoms with Crippen molar-refractivity contribution in [3.63, 3.8) is 0 Å². The maximum Gasteiger partial charge on any atom is 0.416 e. The van der Waals surface area contributed by atoms with Crippen LogP contribution in [0.2, 0.25) is 0 Å². The van der Waals surface area contributed by atoms with Crippen LogP contribution in [-0.2, 0) is 12.4 Å². The monoisotopic (exact) mass is 568 g/mol. The third-order valence-electron chi connectivity index (χ3n) is 6.78. The van der Waals surface area contributed by atoms with Gasteiger partial charge in [0, 0.05) is 11.7 Å². The standard InChI is InChI=1S/C28H27F6N2PS/c1-18(35-26(38)36-21-16-19(27(29,30)31)15-20(17-21)28(32,33)34)24-13-8-14-25(24)37(22-9-4-2-5-10-22)23-11-6-3-7-12-23/h2-7,9-12,15-18,24-25H,8,13-14H2,1H3,(H2,35,36,38)/t18-,24+,25?/m1/s1. The summed E-state index contributed by atoms with van der Waals surface area (Å²) in [6, 6.07) is 21.9. The largest absolute Gasteiger partial charge is 0.416 e. The summed E-state index contributed by atoms with van der Waals surface area (Å²) in [4.78, 5) is 0. The number of hydrogen-bond donors (Lipinski definition) is 2. The van der Waals surface area contributed by atoms with E-state index in [1.807, 2.05) is 43.3 Å². The summed E-state index contributed by atoms with van der Waals surface area (Å²) < 4.78 is 79.5. The number of anilines is 1. The van der Waals surface area contributed by atoms with Crippen LogP contribution < -0.4 is 21.2 Å². The Morgan fingerprint density at radius 3 is 1.79 bits per heavy atom. The van der Waals surface area contributed by atoms with Crippen molar-refractivity contribution in [1.82, 2.24) is 5.32 Å². The zero-order valence-electron chi connectivity index (χ0n) is 20.5. The smallest absolute Gasteiger partial charge is 0.360 e. The van der Waals surface area contributed by atoms with Gasteiger partial charge in [-0.1, -0.05) is 67.1 Å². The topological polar surface area (TPSA) is 24.1 Å². The van der Waals surface area contributed by atoms with Gasteiger partial charge in [0.1, 0.15) is 0 Å². The highest BCUT2D eigenvalue weighted by atomic mass is 32.1. The van der Waals surface area contributed by atoms with E-state index in [-0.39, 0.29) is 28.8 Å². The van der Waals surface area contributed by atoms with Crippen LogP contribution in [-0.4, -0.2) is 16.8 Å². The maximum absolute atomic E-state index is 13.2. The third-order valence-corrected chi connectivity index (χ3v) is 10.0. The Kier molecular flexibility index (Phi) is 8.68. The second-order valence-corrected chi connectivity index (χ2v) is 12.2. The molecule has 0 aliphatic heterocycles. The van der Waals surface area contributed by atoms with Crippen molar-refractivity contribution in [3.8, 4) is 0 Å². The molecule has 38 heavy (non-hydrogen) atoms. The van der Waals surface area contributed by atoms with Gasteiger partial charge in [0.05, 0.1) is 11.1 Å². The van der Waals surface area contributed by atoms with Gasteiger partial charge in [0.2, 0.25) is 0 Å². The summed E-state index contributed by atoms with van der Waals surface area (Å²) in [5, 5.41) is 8.21. The highest BCUT2D eigenvalue weighted by molar-refractivity contribution is 7.80. The Morgan fingerprint density at radius 2 is 1.32 bits per heavy atom. The number of thiocarbonyl (C=S) groups is 1. The summed E-state index contributed by atoms with van der Waals surface area (Å²) in [5.74, 6) is 0.216. The molecule has 2 nitrogen and oxygen atoms in total. The summed E-state index contributed by atoms with van der Waals surface area (Å²) in [5.41, 5.74) is -2.81. The molecule has 4 rings (SSSR count). The molecule has 0 spiro atoms. The Bertz CT molecular complexity index is 1160. The normalized spacial score (nSPS) is 18.8. The van der Waals surface area contributed by atoms with Crippen molar-refractivity contribution in [3.05, 3.63) is 90.0 Å². The average molecular weight is 569 g/mol. The molecule has 1 aliphatic rings. The molecule has 2 N–H and O–H groups in total. The van der Waals surface area contributed by atoms with Gasteiger partial charge in [-0.15, -0.1) is 0 Å². The predicted octanol–water partition coefficient (Wildman–Crippen LogP) is 7.70. The molecule has 1 unspecified atom stereocenters. The fourth-order valence-corrected chi connectivity index (χ4v) is 8.68. The Hall–Kier alpha value is -2.64. The molecule has 0 heterocycles. The van der Waals surface area contributed by atoms with Crippen LogP contribution in [0.4, 0.5) is 32.0 Å². The molecule has 3 atom stereocenters. The van der Waals surface area contributed by atoms with Crippen LogP contribution in [0.1, 0.15) is 37.3 Å². The summed E-state index contributed by atoms with van der Waals surface area (Å²) >= 11 is 5.33. The van der Waals surface area contributed by atoms with Crippen LogP contribution >= 0.6 is 20.1 Å². The number of alkyl halides is 6. The van der Waals surface area contributed by atoms with E-state index in [1.54, 1.807) is 0 Å². The summed E-state index contributed by atoms with van der Waals surface area (Å²) in [6.07, 6.45) is -6.86. The highest BCUT2D eigenvalue weighted by Crippen LogP contribution is 2.51. The summed E-state index contributed by atoms with van der Waals surface area (Å²) in [6.45, 7) is 1.97. The van der Waals surface area contributed by atoms with Gasteiger partial charge in [0.25, 0.3) is 0 Å². The first kappa shape index (κ1) is 28.4. The van der Waals surface area contributed by atoms with Crippen LogP contribution in [0.5, 0.6) is 0 Å². The Morgan fingerprint density at radius 1 is 0.816 bits per heavy atom. The number of hydrogen-bond acceptors (Lipinski definition) is 1. The zero-order chi connectivity index (χ0) is 27.5. The van der Waals surface area contributed by atoms with Crippen molar-refractivity contribution in [2.75, 3.05) is 5.32 Å². The molecule has 1 aliphatic carbocycles. The lowest BCUT2D eigenvalue weighted by Crippen LogP contribution is -2.43. The maximum atomic E-state index is 13.2. The van der Waals surface area contributed by atoms with E-state index in [4.69, 9.17) is 12.2 Å². The minimum absolute atomic E-state index is 0.0145. The first-order chi connectivity index (χ1) is 17.9.